The van der Waals surface area contributed by atoms with Gasteiger partial charge in [-0.05, 0) is 25.1 Å². The summed E-state index contributed by atoms with van der Waals surface area (Å²) in [5, 5.41) is 9.79. The van der Waals surface area contributed by atoms with Gasteiger partial charge in [0.25, 0.3) is 0 Å². The van der Waals surface area contributed by atoms with E-state index in [9.17, 15) is 19.5 Å². The molecule has 0 spiro atoms. The fraction of sp³-hybridized carbons (Fsp3) is 0.389. The summed E-state index contributed by atoms with van der Waals surface area (Å²) < 4.78 is 10.5. The number of hydrogen-bond acceptors (Lipinski definition) is 6. The quantitative estimate of drug-likeness (QED) is 0.493. The van der Waals surface area contributed by atoms with Crippen LogP contribution in [0.2, 0.25) is 0 Å². The molecule has 4 rings (SSSR count). The van der Waals surface area contributed by atoms with E-state index in [0.717, 1.165) is 4.90 Å². The van der Waals surface area contributed by atoms with E-state index in [-0.39, 0.29) is 18.1 Å². The van der Waals surface area contributed by atoms with Crippen molar-refractivity contribution in [1.29, 1.82) is 0 Å². The van der Waals surface area contributed by atoms with Gasteiger partial charge in [-0.3, -0.25) is 9.59 Å². The molecule has 0 radical (unpaired) electrons. The highest BCUT2D eigenvalue weighted by Crippen LogP contribution is 2.57. The number of ether oxygens (including phenoxy) is 2. The number of hydrogen-bond donors (Lipinski definition) is 1. The topological polar surface area (TPSA) is 93.1 Å². The minimum absolute atomic E-state index is 0.248. The van der Waals surface area contributed by atoms with Gasteiger partial charge in [0, 0.05) is 0 Å². The lowest BCUT2D eigenvalue weighted by molar-refractivity contribution is -0.131. The van der Waals surface area contributed by atoms with Crippen molar-refractivity contribution in [2.45, 2.75) is 18.1 Å². The zero-order chi connectivity index (χ0) is 18.0. The normalized spacial score (nSPS) is 35.4. The smallest absolute Gasteiger partial charge is 0.337 e. The number of esters is 1. The van der Waals surface area contributed by atoms with Gasteiger partial charge < -0.3 is 14.6 Å². The molecule has 0 aromatic heterocycles. The number of aliphatic hydroxyl groups excluding tert-OH is 1. The van der Waals surface area contributed by atoms with E-state index >= 15 is 0 Å². The number of amides is 2. The minimum atomic E-state index is -1.17. The number of fused-ring (bicyclic) bond motifs is 5. The Labute approximate surface area is 143 Å². The van der Waals surface area contributed by atoms with Crippen LogP contribution in [0, 0.1) is 11.8 Å². The van der Waals surface area contributed by atoms with E-state index in [1.165, 1.54) is 13.2 Å². The minimum Gasteiger partial charge on any atom is -0.465 e. The van der Waals surface area contributed by atoms with Crippen molar-refractivity contribution in [2.75, 3.05) is 18.6 Å². The van der Waals surface area contributed by atoms with Gasteiger partial charge >= 0.3 is 5.97 Å². The third kappa shape index (κ3) is 1.90. The lowest BCUT2D eigenvalue weighted by Crippen LogP contribution is -2.43. The molecule has 7 nitrogen and oxygen atoms in total. The molecule has 2 bridgehead atoms. The Morgan fingerprint density at radius 3 is 2.68 bits per heavy atom. The van der Waals surface area contributed by atoms with Gasteiger partial charge in [-0.15, -0.1) is 0 Å². The van der Waals surface area contributed by atoms with E-state index in [1.807, 2.05) is 0 Å². The molecule has 0 unspecified atom stereocenters. The lowest BCUT2D eigenvalue weighted by Gasteiger charge is -2.27. The summed E-state index contributed by atoms with van der Waals surface area (Å²) in [5.74, 6) is -2.84. The molecule has 3 aliphatic rings. The largest absolute Gasteiger partial charge is 0.465 e. The predicted octanol–water partition coefficient (Wildman–Crippen LogP) is 0.669. The first-order valence-electron chi connectivity index (χ1n) is 7.94. The molecule has 0 aliphatic carbocycles. The summed E-state index contributed by atoms with van der Waals surface area (Å²) in [7, 11) is 1.26. The van der Waals surface area contributed by atoms with E-state index in [0.29, 0.717) is 5.69 Å². The van der Waals surface area contributed by atoms with Crippen LogP contribution in [0.1, 0.15) is 17.3 Å². The third-order valence-corrected chi connectivity index (χ3v) is 5.33. The second-order valence-corrected chi connectivity index (χ2v) is 6.74. The Morgan fingerprint density at radius 1 is 1.28 bits per heavy atom. The van der Waals surface area contributed by atoms with Crippen LogP contribution in [0.3, 0.4) is 0 Å². The van der Waals surface area contributed by atoms with Crippen LogP contribution in [0.25, 0.3) is 0 Å². The molecule has 1 aromatic carbocycles. The maximum absolute atomic E-state index is 13.0. The van der Waals surface area contributed by atoms with E-state index < -0.39 is 34.9 Å². The number of carbonyl (C=O) groups is 3. The number of aliphatic hydroxyl groups is 1. The number of imide groups is 1. The Morgan fingerprint density at radius 2 is 2.00 bits per heavy atom. The average molecular weight is 343 g/mol. The highest BCUT2D eigenvalue weighted by Gasteiger charge is 2.72. The summed E-state index contributed by atoms with van der Waals surface area (Å²) >= 11 is 0. The number of benzene rings is 1. The van der Waals surface area contributed by atoms with E-state index in [2.05, 4.69) is 4.74 Å². The molecule has 1 aromatic rings. The van der Waals surface area contributed by atoms with Gasteiger partial charge in [0.2, 0.25) is 11.8 Å². The lowest BCUT2D eigenvalue weighted by atomic mass is 9.73. The van der Waals surface area contributed by atoms with Crippen molar-refractivity contribution in [3.8, 4) is 0 Å². The molecule has 2 fully saturated rings. The van der Waals surface area contributed by atoms with Crippen molar-refractivity contribution >= 4 is 23.5 Å². The maximum Gasteiger partial charge on any atom is 0.337 e. The first kappa shape index (κ1) is 16.0. The first-order valence-corrected chi connectivity index (χ1v) is 7.94. The highest BCUT2D eigenvalue weighted by molar-refractivity contribution is 6.23. The first-order chi connectivity index (χ1) is 11.9. The van der Waals surface area contributed by atoms with Crippen LogP contribution in [-0.2, 0) is 19.1 Å². The molecule has 2 amide bonds. The molecular weight excluding hydrogens is 326 g/mol. The number of rotatable bonds is 3. The molecular formula is C18H17NO6. The molecule has 3 heterocycles. The molecule has 7 heteroatoms. The van der Waals surface area contributed by atoms with Crippen LogP contribution in [0.5, 0.6) is 0 Å². The Bertz CT molecular complexity index is 833. The zero-order valence-corrected chi connectivity index (χ0v) is 13.8. The van der Waals surface area contributed by atoms with Crippen LogP contribution < -0.4 is 4.90 Å². The number of nitrogens with zero attached hydrogens (tertiary/aromatic N) is 1. The molecule has 2 saturated heterocycles. The zero-order valence-electron chi connectivity index (χ0n) is 13.8. The predicted molar refractivity (Wildman–Crippen MR) is 85.7 cm³/mol. The van der Waals surface area contributed by atoms with Gasteiger partial charge in [0.1, 0.15) is 5.60 Å². The summed E-state index contributed by atoms with van der Waals surface area (Å²) in [6, 6.07) is 6.18. The maximum atomic E-state index is 13.0. The molecule has 130 valence electrons. The summed E-state index contributed by atoms with van der Waals surface area (Å²) in [4.78, 5) is 38.8. The monoisotopic (exact) mass is 343 g/mol. The summed E-state index contributed by atoms with van der Waals surface area (Å²) in [5.41, 5.74) is -1.53. The average Bonchev–Trinajstić information content (AvgIpc) is 3.20. The van der Waals surface area contributed by atoms with Crippen LogP contribution in [0.15, 0.2) is 36.4 Å². The Balaban J connectivity index is 1.77. The molecule has 4 atom stereocenters. The molecule has 3 aliphatic heterocycles. The molecule has 25 heavy (non-hydrogen) atoms. The fourth-order valence-electron chi connectivity index (χ4n) is 4.19. The van der Waals surface area contributed by atoms with Gasteiger partial charge in [0.15, 0.2) is 0 Å². The van der Waals surface area contributed by atoms with Crippen molar-refractivity contribution in [3.05, 3.63) is 42.0 Å². The Kier molecular flexibility index (Phi) is 3.20. The standard InChI is InChI=1S/C18H17NO6/c1-17-6-7-18(9-20,25-17)13-12(17)14(21)19(15(13)22)11-5-3-4-10(8-11)16(23)24-2/h3-8,12-13,20H,9H2,1-2H3/t12-,13-,17+,18-/m0/s1. The number of anilines is 1. The fourth-order valence-corrected chi connectivity index (χ4v) is 4.19. The van der Waals surface area contributed by atoms with Gasteiger partial charge in [-0.2, -0.15) is 0 Å². The Hall–Kier alpha value is -2.51. The van der Waals surface area contributed by atoms with Gasteiger partial charge in [-0.1, -0.05) is 18.2 Å². The van der Waals surface area contributed by atoms with Crippen molar-refractivity contribution in [1.82, 2.24) is 0 Å². The SMILES string of the molecule is COC(=O)c1cccc(N2C(=O)[C@@H]3[C@@H](C2=O)[C@@]2(CO)C=C[C@@]3(C)O2)c1. The van der Waals surface area contributed by atoms with E-state index in [4.69, 9.17) is 4.74 Å². The van der Waals surface area contributed by atoms with Crippen molar-refractivity contribution < 1.29 is 29.0 Å². The second-order valence-electron chi connectivity index (χ2n) is 6.74. The molecule has 0 saturated carbocycles. The third-order valence-electron chi connectivity index (χ3n) is 5.33. The second kappa shape index (κ2) is 5.00. The van der Waals surface area contributed by atoms with Crippen molar-refractivity contribution in [3.63, 3.8) is 0 Å². The molecule has 1 N–H and O–H groups in total. The van der Waals surface area contributed by atoms with Gasteiger partial charge in [-0.25, -0.2) is 9.69 Å². The van der Waals surface area contributed by atoms with Gasteiger partial charge in [0.05, 0.1) is 42.4 Å². The number of methoxy groups -OCH3 is 1. The summed E-state index contributed by atoms with van der Waals surface area (Å²) in [6.07, 6.45) is 3.41. The van der Waals surface area contributed by atoms with Crippen LogP contribution >= 0.6 is 0 Å². The van der Waals surface area contributed by atoms with E-state index in [1.54, 1.807) is 37.3 Å². The summed E-state index contributed by atoms with van der Waals surface area (Å²) in [6.45, 7) is 1.36. The van der Waals surface area contributed by atoms with Crippen molar-refractivity contribution in [2.24, 2.45) is 11.8 Å². The van der Waals surface area contributed by atoms with Crippen LogP contribution in [0.4, 0.5) is 5.69 Å². The highest BCUT2D eigenvalue weighted by atomic mass is 16.5. The number of carbonyl (C=O) groups excluding carboxylic acids is 3. The van der Waals surface area contributed by atoms with Crippen LogP contribution in [-0.4, -0.2) is 47.8 Å².